The number of aromatic nitrogens is 3. The minimum atomic E-state index is 0.861. The molecular formula is C11H13N5. The fourth-order valence-corrected chi connectivity index (χ4v) is 1.90. The van der Waals surface area contributed by atoms with Gasteiger partial charge < -0.3 is 4.90 Å². The summed E-state index contributed by atoms with van der Waals surface area (Å²) >= 11 is 0. The van der Waals surface area contributed by atoms with Gasteiger partial charge in [0.1, 0.15) is 5.82 Å². The van der Waals surface area contributed by atoms with Crippen molar-refractivity contribution in [3.8, 4) is 0 Å². The van der Waals surface area contributed by atoms with Gasteiger partial charge in [0.15, 0.2) is 5.65 Å². The highest BCUT2D eigenvalue weighted by Gasteiger charge is 2.13. The summed E-state index contributed by atoms with van der Waals surface area (Å²) in [6.07, 6.45) is 5.49. The number of nitrogens with one attached hydrogen (secondary N) is 1. The Hall–Kier alpha value is -1.88. The van der Waals surface area contributed by atoms with Gasteiger partial charge in [0.2, 0.25) is 0 Å². The molecule has 0 saturated carbocycles. The van der Waals surface area contributed by atoms with Gasteiger partial charge >= 0.3 is 0 Å². The number of nitrogens with zero attached hydrogens (tertiary/aromatic N) is 4. The van der Waals surface area contributed by atoms with Crippen LogP contribution in [0.25, 0.3) is 11.7 Å². The average molecular weight is 215 g/mol. The third-order valence-corrected chi connectivity index (χ3v) is 2.79. The molecule has 1 fully saturated rings. The van der Waals surface area contributed by atoms with Crippen LogP contribution in [0, 0.1) is 0 Å². The van der Waals surface area contributed by atoms with E-state index in [1.54, 1.807) is 16.8 Å². The Bertz CT molecular complexity index is 524. The quantitative estimate of drug-likeness (QED) is 0.802. The van der Waals surface area contributed by atoms with Crippen LogP contribution in [0.15, 0.2) is 25.0 Å². The molecule has 2 aromatic rings. The molecule has 1 N–H and O–H groups in total. The van der Waals surface area contributed by atoms with Crippen molar-refractivity contribution in [2.75, 3.05) is 24.7 Å². The SMILES string of the molecule is C=Cc1cnn2ccc(N3CCNC3)nc12. The van der Waals surface area contributed by atoms with Gasteiger partial charge in [-0.15, -0.1) is 0 Å². The summed E-state index contributed by atoms with van der Waals surface area (Å²) in [6.45, 7) is 6.64. The van der Waals surface area contributed by atoms with Crippen molar-refractivity contribution in [2.24, 2.45) is 0 Å². The maximum Gasteiger partial charge on any atom is 0.164 e. The van der Waals surface area contributed by atoms with Crippen LogP contribution in [0.1, 0.15) is 5.56 Å². The molecule has 0 spiro atoms. The number of hydrogen-bond donors (Lipinski definition) is 1. The molecule has 1 aliphatic rings. The van der Waals surface area contributed by atoms with E-state index in [2.05, 4.69) is 26.9 Å². The zero-order valence-corrected chi connectivity index (χ0v) is 8.93. The van der Waals surface area contributed by atoms with Crippen molar-refractivity contribution in [2.45, 2.75) is 0 Å². The van der Waals surface area contributed by atoms with Crippen molar-refractivity contribution in [3.63, 3.8) is 0 Å². The summed E-state index contributed by atoms with van der Waals surface area (Å²) in [5, 5.41) is 7.49. The first-order valence-corrected chi connectivity index (χ1v) is 5.31. The van der Waals surface area contributed by atoms with E-state index in [9.17, 15) is 0 Å². The smallest absolute Gasteiger partial charge is 0.164 e. The zero-order chi connectivity index (χ0) is 11.0. The molecule has 0 amide bonds. The summed E-state index contributed by atoms with van der Waals surface area (Å²) in [5.41, 5.74) is 1.83. The average Bonchev–Trinajstić information content (AvgIpc) is 2.97. The monoisotopic (exact) mass is 215 g/mol. The molecule has 5 heteroatoms. The van der Waals surface area contributed by atoms with Gasteiger partial charge in [0, 0.05) is 24.8 Å². The Balaban J connectivity index is 2.09. The van der Waals surface area contributed by atoms with Gasteiger partial charge in [-0.2, -0.15) is 5.10 Å². The topological polar surface area (TPSA) is 45.5 Å². The van der Waals surface area contributed by atoms with Gasteiger partial charge in [-0.25, -0.2) is 9.50 Å². The van der Waals surface area contributed by atoms with E-state index in [1.165, 1.54) is 0 Å². The normalized spacial score (nSPS) is 15.9. The second-order valence-corrected chi connectivity index (χ2v) is 3.78. The van der Waals surface area contributed by atoms with E-state index in [0.717, 1.165) is 36.8 Å². The predicted octanol–water partition coefficient (Wildman–Crippen LogP) is 0.739. The minimum Gasteiger partial charge on any atom is -0.342 e. The summed E-state index contributed by atoms with van der Waals surface area (Å²) < 4.78 is 1.77. The fraction of sp³-hybridized carbons (Fsp3) is 0.273. The van der Waals surface area contributed by atoms with Gasteiger partial charge in [0.25, 0.3) is 0 Å². The lowest BCUT2D eigenvalue weighted by atomic mass is 10.3. The highest BCUT2D eigenvalue weighted by atomic mass is 15.3. The summed E-state index contributed by atoms with van der Waals surface area (Å²) in [5.74, 6) is 0.987. The lowest BCUT2D eigenvalue weighted by molar-refractivity contribution is 0.845. The van der Waals surface area contributed by atoms with Crippen molar-refractivity contribution in [1.82, 2.24) is 19.9 Å². The Morgan fingerprint density at radius 3 is 3.19 bits per heavy atom. The Morgan fingerprint density at radius 1 is 1.50 bits per heavy atom. The van der Waals surface area contributed by atoms with Crippen molar-refractivity contribution < 1.29 is 0 Å². The summed E-state index contributed by atoms with van der Waals surface area (Å²) in [7, 11) is 0. The molecule has 16 heavy (non-hydrogen) atoms. The Kier molecular flexibility index (Phi) is 2.11. The van der Waals surface area contributed by atoms with Gasteiger partial charge in [-0.1, -0.05) is 12.7 Å². The van der Waals surface area contributed by atoms with Crippen molar-refractivity contribution in [3.05, 3.63) is 30.6 Å². The first kappa shape index (κ1) is 9.35. The highest BCUT2D eigenvalue weighted by Crippen LogP contribution is 2.16. The lowest BCUT2D eigenvalue weighted by Gasteiger charge is -2.15. The summed E-state index contributed by atoms with van der Waals surface area (Å²) in [4.78, 5) is 6.81. The van der Waals surface area contributed by atoms with Gasteiger partial charge in [-0.3, -0.25) is 5.32 Å². The van der Waals surface area contributed by atoms with E-state index in [0.29, 0.717) is 0 Å². The van der Waals surface area contributed by atoms with Gasteiger partial charge in [-0.05, 0) is 6.07 Å². The minimum absolute atomic E-state index is 0.861. The molecule has 0 atom stereocenters. The Labute approximate surface area is 93.4 Å². The molecule has 82 valence electrons. The molecule has 5 nitrogen and oxygen atoms in total. The number of fused-ring (bicyclic) bond motifs is 1. The first-order chi connectivity index (χ1) is 7.88. The van der Waals surface area contributed by atoms with Crippen LogP contribution < -0.4 is 10.2 Å². The van der Waals surface area contributed by atoms with Crippen LogP contribution in [0.5, 0.6) is 0 Å². The second kappa shape index (κ2) is 3.61. The molecular weight excluding hydrogens is 202 g/mol. The third kappa shape index (κ3) is 1.37. The van der Waals surface area contributed by atoms with Crippen molar-refractivity contribution >= 4 is 17.5 Å². The molecule has 1 aliphatic heterocycles. The first-order valence-electron chi connectivity index (χ1n) is 5.31. The standard InChI is InChI=1S/C11H13N5/c1-2-9-7-13-16-5-3-10(14-11(9)16)15-6-4-12-8-15/h2-3,5,7,12H,1,4,6,8H2. The molecule has 1 saturated heterocycles. The van der Waals surface area contributed by atoms with Crippen LogP contribution in [0.3, 0.4) is 0 Å². The van der Waals surface area contributed by atoms with Crippen LogP contribution >= 0.6 is 0 Å². The van der Waals surface area contributed by atoms with E-state index in [1.807, 2.05) is 12.3 Å². The van der Waals surface area contributed by atoms with Crippen LogP contribution in [0.4, 0.5) is 5.82 Å². The van der Waals surface area contributed by atoms with Crippen molar-refractivity contribution in [1.29, 1.82) is 0 Å². The lowest BCUT2D eigenvalue weighted by Crippen LogP contribution is -2.22. The fourth-order valence-electron chi connectivity index (χ4n) is 1.90. The zero-order valence-electron chi connectivity index (χ0n) is 8.93. The molecule has 0 aliphatic carbocycles. The van der Waals surface area contributed by atoms with Crippen LogP contribution in [0.2, 0.25) is 0 Å². The molecule has 2 aromatic heterocycles. The highest BCUT2D eigenvalue weighted by molar-refractivity contribution is 5.65. The second-order valence-electron chi connectivity index (χ2n) is 3.78. The molecule has 0 aromatic carbocycles. The van der Waals surface area contributed by atoms with E-state index in [4.69, 9.17) is 0 Å². The molecule has 0 radical (unpaired) electrons. The number of anilines is 1. The largest absolute Gasteiger partial charge is 0.342 e. The molecule has 0 unspecified atom stereocenters. The maximum atomic E-state index is 4.60. The number of hydrogen-bond acceptors (Lipinski definition) is 4. The third-order valence-electron chi connectivity index (χ3n) is 2.79. The van der Waals surface area contributed by atoms with E-state index < -0.39 is 0 Å². The van der Waals surface area contributed by atoms with Gasteiger partial charge in [0.05, 0.1) is 12.9 Å². The van der Waals surface area contributed by atoms with Crippen LogP contribution in [-0.4, -0.2) is 34.4 Å². The molecule has 3 rings (SSSR count). The molecule has 0 bridgehead atoms. The Morgan fingerprint density at radius 2 is 2.44 bits per heavy atom. The predicted molar refractivity (Wildman–Crippen MR) is 63.3 cm³/mol. The molecule has 3 heterocycles. The summed E-state index contributed by atoms with van der Waals surface area (Å²) in [6, 6.07) is 1.99. The maximum absolute atomic E-state index is 4.60. The van der Waals surface area contributed by atoms with E-state index >= 15 is 0 Å². The number of rotatable bonds is 2. The van der Waals surface area contributed by atoms with Crippen LogP contribution in [-0.2, 0) is 0 Å². The van der Waals surface area contributed by atoms with E-state index in [-0.39, 0.29) is 0 Å².